The highest BCUT2D eigenvalue weighted by atomic mass is 35.5. The molecule has 0 saturated heterocycles. The van der Waals surface area contributed by atoms with Crippen molar-refractivity contribution in [2.45, 2.75) is 37.8 Å². The molecule has 150 valence electrons. The molecule has 0 fully saturated rings. The molecule has 0 saturated carbocycles. The first kappa shape index (κ1) is 22.6. The number of hydrogen-bond donors (Lipinski definition) is 1. The molecule has 1 N–H and O–H groups in total. The van der Waals surface area contributed by atoms with Crippen LogP contribution in [0, 0.1) is 0 Å². The Morgan fingerprint density at radius 2 is 1.82 bits per heavy atom. The van der Waals surface area contributed by atoms with Crippen LogP contribution < -0.4 is 5.32 Å². The molecule has 1 atom stereocenters. The number of nitrogens with zero attached hydrogens (tertiary/aromatic N) is 1. The summed E-state index contributed by atoms with van der Waals surface area (Å²) < 4.78 is 0. The number of halogens is 2. The van der Waals surface area contributed by atoms with E-state index in [9.17, 15) is 9.59 Å². The van der Waals surface area contributed by atoms with E-state index in [1.807, 2.05) is 43.3 Å². The fourth-order valence-corrected chi connectivity index (χ4v) is 3.68. The van der Waals surface area contributed by atoms with Crippen molar-refractivity contribution in [2.75, 3.05) is 12.3 Å². The van der Waals surface area contributed by atoms with Crippen molar-refractivity contribution in [3.05, 3.63) is 64.1 Å². The lowest BCUT2D eigenvalue weighted by Crippen LogP contribution is -2.48. The van der Waals surface area contributed by atoms with Crippen molar-refractivity contribution in [3.8, 4) is 0 Å². The number of benzene rings is 2. The average Bonchev–Trinajstić information content (AvgIpc) is 2.71. The molecule has 2 rings (SSSR count). The third kappa shape index (κ3) is 6.73. The molecule has 7 heteroatoms. The van der Waals surface area contributed by atoms with Crippen LogP contribution in [0.1, 0.15) is 25.8 Å². The largest absolute Gasteiger partial charge is 0.354 e. The Balaban J connectivity index is 2.15. The van der Waals surface area contributed by atoms with E-state index in [-0.39, 0.29) is 24.1 Å². The summed E-state index contributed by atoms with van der Waals surface area (Å²) >= 11 is 13.5. The molecule has 2 aromatic carbocycles. The molecular weight excluding hydrogens is 415 g/mol. The maximum absolute atomic E-state index is 13.0. The van der Waals surface area contributed by atoms with Crippen LogP contribution in [0.4, 0.5) is 0 Å². The summed E-state index contributed by atoms with van der Waals surface area (Å²) in [6, 6.07) is 14.4. The van der Waals surface area contributed by atoms with Gasteiger partial charge >= 0.3 is 0 Å². The van der Waals surface area contributed by atoms with E-state index in [1.54, 1.807) is 24.0 Å². The first-order valence-corrected chi connectivity index (χ1v) is 10.9. The van der Waals surface area contributed by atoms with Crippen LogP contribution in [0.15, 0.2) is 53.4 Å². The number of rotatable bonds is 9. The summed E-state index contributed by atoms with van der Waals surface area (Å²) in [6.45, 7) is 4.59. The number of hydrogen-bond acceptors (Lipinski definition) is 3. The first-order valence-electron chi connectivity index (χ1n) is 9.11. The van der Waals surface area contributed by atoms with Crippen LogP contribution in [0.25, 0.3) is 0 Å². The number of carbonyl (C=O) groups excluding carboxylic acids is 2. The highest BCUT2D eigenvalue weighted by molar-refractivity contribution is 8.00. The van der Waals surface area contributed by atoms with Gasteiger partial charge in [-0.05, 0) is 43.2 Å². The van der Waals surface area contributed by atoms with Crippen molar-refractivity contribution in [1.82, 2.24) is 10.2 Å². The normalized spacial score (nSPS) is 11.7. The van der Waals surface area contributed by atoms with Gasteiger partial charge in [-0.2, -0.15) is 0 Å². The monoisotopic (exact) mass is 438 g/mol. The smallest absolute Gasteiger partial charge is 0.242 e. The van der Waals surface area contributed by atoms with E-state index < -0.39 is 6.04 Å². The molecule has 0 heterocycles. The van der Waals surface area contributed by atoms with Crippen molar-refractivity contribution in [3.63, 3.8) is 0 Å². The van der Waals surface area contributed by atoms with Gasteiger partial charge in [-0.1, -0.05) is 54.4 Å². The van der Waals surface area contributed by atoms with Crippen molar-refractivity contribution < 1.29 is 9.59 Å². The average molecular weight is 439 g/mol. The van der Waals surface area contributed by atoms with Gasteiger partial charge in [0.05, 0.1) is 15.8 Å². The lowest BCUT2D eigenvalue weighted by Gasteiger charge is -2.29. The van der Waals surface area contributed by atoms with E-state index >= 15 is 0 Å². The lowest BCUT2D eigenvalue weighted by atomic mass is 10.1. The Morgan fingerprint density at radius 3 is 2.46 bits per heavy atom. The summed E-state index contributed by atoms with van der Waals surface area (Å²) in [5, 5.41) is 3.74. The molecule has 4 nitrogen and oxygen atoms in total. The summed E-state index contributed by atoms with van der Waals surface area (Å²) in [5.41, 5.74) is 0.822. The van der Waals surface area contributed by atoms with Crippen molar-refractivity contribution >= 4 is 46.8 Å². The SMILES string of the molecule is CCCNC(=O)[C@@H](C)N(Cc1ccc(Cl)c(Cl)c1)C(=O)CSc1ccccc1. The van der Waals surface area contributed by atoms with Crippen molar-refractivity contribution in [1.29, 1.82) is 0 Å². The van der Waals surface area contributed by atoms with Crippen LogP contribution in [0.2, 0.25) is 10.0 Å². The van der Waals surface area contributed by atoms with Gasteiger partial charge < -0.3 is 10.2 Å². The quantitative estimate of drug-likeness (QED) is 0.558. The van der Waals surface area contributed by atoms with E-state index in [2.05, 4.69) is 5.32 Å². The third-order valence-corrected chi connectivity index (χ3v) is 5.89. The van der Waals surface area contributed by atoms with Crippen molar-refractivity contribution in [2.24, 2.45) is 0 Å². The topological polar surface area (TPSA) is 49.4 Å². The van der Waals surface area contributed by atoms with Crippen LogP contribution in [-0.2, 0) is 16.1 Å². The van der Waals surface area contributed by atoms with E-state index in [4.69, 9.17) is 23.2 Å². The van der Waals surface area contributed by atoms with Crippen LogP contribution in [0.5, 0.6) is 0 Å². The number of carbonyl (C=O) groups is 2. The Bertz CT molecular complexity index is 802. The van der Waals surface area contributed by atoms with Crippen LogP contribution in [0.3, 0.4) is 0 Å². The Labute approximate surface area is 180 Å². The van der Waals surface area contributed by atoms with E-state index in [0.717, 1.165) is 16.9 Å². The lowest BCUT2D eigenvalue weighted by molar-refractivity contribution is -0.138. The van der Waals surface area contributed by atoms with E-state index in [1.165, 1.54) is 11.8 Å². The second kappa shape index (κ2) is 11.3. The van der Waals surface area contributed by atoms with Crippen LogP contribution >= 0.6 is 35.0 Å². The number of amides is 2. The van der Waals surface area contributed by atoms with Gasteiger partial charge in [0.25, 0.3) is 0 Å². The summed E-state index contributed by atoms with van der Waals surface area (Å²) in [7, 11) is 0. The zero-order chi connectivity index (χ0) is 20.5. The van der Waals surface area contributed by atoms with Gasteiger partial charge in [0, 0.05) is 18.0 Å². The second-order valence-electron chi connectivity index (χ2n) is 6.34. The molecule has 0 bridgehead atoms. The molecule has 0 aliphatic rings. The number of thioether (sulfide) groups is 1. The molecule has 0 aliphatic carbocycles. The molecule has 0 radical (unpaired) electrons. The van der Waals surface area contributed by atoms with Gasteiger partial charge in [0.1, 0.15) is 6.04 Å². The predicted octanol–water partition coefficient (Wildman–Crippen LogP) is 5.03. The fourth-order valence-electron chi connectivity index (χ4n) is 2.56. The standard InChI is InChI=1S/C21H24Cl2N2O2S/c1-3-11-24-21(27)15(2)25(13-16-9-10-18(22)19(23)12-16)20(26)14-28-17-7-5-4-6-8-17/h4-10,12,15H,3,11,13-14H2,1-2H3,(H,24,27)/t15-/m1/s1. The molecule has 0 aliphatic heterocycles. The van der Waals surface area contributed by atoms with Gasteiger partial charge in [-0.15, -0.1) is 11.8 Å². The molecular formula is C21H24Cl2N2O2S. The highest BCUT2D eigenvalue weighted by Gasteiger charge is 2.26. The third-order valence-electron chi connectivity index (χ3n) is 4.16. The Kier molecular flexibility index (Phi) is 9.16. The maximum Gasteiger partial charge on any atom is 0.242 e. The molecule has 2 amide bonds. The molecule has 0 aromatic heterocycles. The van der Waals surface area contributed by atoms with Crippen LogP contribution in [-0.4, -0.2) is 35.1 Å². The summed E-state index contributed by atoms with van der Waals surface area (Å²) in [4.78, 5) is 28.0. The fraction of sp³-hybridized carbons (Fsp3) is 0.333. The van der Waals surface area contributed by atoms with Gasteiger partial charge in [0.2, 0.25) is 11.8 Å². The summed E-state index contributed by atoms with van der Waals surface area (Å²) in [6.07, 6.45) is 0.836. The van der Waals surface area contributed by atoms with E-state index in [0.29, 0.717) is 16.6 Å². The highest BCUT2D eigenvalue weighted by Crippen LogP contribution is 2.24. The first-order chi connectivity index (χ1) is 13.4. The second-order valence-corrected chi connectivity index (χ2v) is 8.20. The number of nitrogens with one attached hydrogen (secondary N) is 1. The van der Waals surface area contributed by atoms with Gasteiger partial charge in [-0.25, -0.2) is 0 Å². The minimum absolute atomic E-state index is 0.112. The molecule has 2 aromatic rings. The van der Waals surface area contributed by atoms with Gasteiger partial charge in [0.15, 0.2) is 0 Å². The zero-order valence-electron chi connectivity index (χ0n) is 16.0. The minimum atomic E-state index is -0.593. The summed E-state index contributed by atoms with van der Waals surface area (Å²) in [5.74, 6) is -0.0319. The molecule has 0 spiro atoms. The maximum atomic E-state index is 13.0. The molecule has 28 heavy (non-hydrogen) atoms. The minimum Gasteiger partial charge on any atom is -0.354 e. The molecule has 0 unspecified atom stereocenters. The zero-order valence-corrected chi connectivity index (χ0v) is 18.3. The van der Waals surface area contributed by atoms with Gasteiger partial charge in [-0.3, -0.25) is 9.59 Å². The Morgan fingerprint density at radius 1 is 1.11 bits per heavy atom. The Hall–Kier alpha value is -1.69. The predicted molar refractivity (Wildman–Crippen MR) is 117 cm³/mol.